The predicted molar refractivity (Wildman–Crippen MR) is 83.0 cm³/mol. The second-order valence-electron chi connectivity index (χ2n) is 4.68. The van der Waals surface area contributed by atoms with Crippen LogP contribution < -0.4 is 10.1 Å². The average Bonchev–Trinajstić information content (AvgIpc) is 2.95. The van der Waals surface area contributed by atoms with Crippen LogP contribution >= 0.6 is 11.3 Å². The van der Waals surface area contributed by atoms with Gasteiger partial charge in [0.05, 0.1) is 19.2 Å². The van der Waals surface area contributed by atoms with Crippen LogP contribution in [0.5, 0.6) is 5.75 Å². The summed E-state index contributed by atoms with van der Waals surface area (Å²) in [5, 5.41) is 13.7. The number of aromatic nitrogens is 1. The molecule has 0 saturated carbocycles. The third kappa shape index (κ3) is 4.05. The van der Waals surface area contributed by atoms with Crippen LogP contribution in [0.4, 0.5) is 0 Å². The fourth-order valence-corrected chi connectivity index (χ4v) is 2.61. The Balaban J connectivity index is 2.05. The molecular weight excluding hydrogens is 304 g/mol. The number of carbonyl (C=O) groups excluding carboxylic acids is 1. The summed E-state index contributed by atoms with van der Waals surface area (Å²) in [7, 11) is 1.60. The van der Waals surface area contributed by atoms with Gasteiger partial charge in [-0.25, -0.2) is 4.98 Å². The highest BCUT2D eigenvalue weighted by atomic mass is 32.1. The molecule has 7 heteroatoms. The number of hydrogen-bond acceptors (Lipinski definition) is 5. The van der Waals surface area contributed by atoms with Gasteiger partial charge in [0.15, 0.2) is 0 Å². The number of nitrogens with one attached hydrogen (secondary N) is 1. The number of amides is 1. The number of carboxylic acid groups (broad SMARTS) is 1. The molecular formula is C15H16N2O4S. The van der Waals surface area contributed by atoms with E-state index in [2.05, 4.69) is 10.3 Å². The zero-order chi connectivity index (χ0) is 16.1. The number of nitrogens with zero attached hydrogens (tertiary/aromatic N) is 1. The first-order chi connectivity index (χ1) is 10.5. The third-order valence-corrected chi connectivity index (χ3v) is 3.90. The molecule has 2 rings (SSSR count). The number of rotatable bonds is 6. The van der Waals surface area contributed by atoms with Gasteiger partial charge in [0, 0.05) is 10.9 Å². The first kappa shape index (κ1) is 16.0. The molecule has 0 spiro atoms. The second-order valence-corrected chi connectivity index (χ2v) is 5.54. The average molecular weight is 320 g/mol. The first-order valence-electron chi connectivity index (χ1n) is 6.60. The molecule has 0 bridgehead atoms. The molecule has 6 nitrogen and oxygen atoms in total. The lowest BCUT2D eigenvalue weighted by Crippen LogP contribution is -2.39. The van der Waals surface area contributed by atoms with E-state index in [0.717, 1.165) is 16.3 Å². The fraction of sp³-hybridized carbons (Fsp3) is 0.267. The summed E-state index contributed by atoms with van der Waals surface area (Å²) in [5.74, 6) is -0.691. The van der Waals surface area contributed by atoms with E-state index in [1.54, 1.807) is 12.5 Å². The smallest absolute Gasteiger partial charge is 0.325 e. The largest absolute Gasteiger partial charge is 0.497 e. The highest BCUT2D eigenvalue weighted by Crippen LogP contribution is 2.26. The number of aliphatic carboxylic acids is 1. The topological polar surface area (TPSA) is 88.5 Å². The first-order valence-corrected chi connectivity index (χ1v) is 7.48. The van der Waals surface area contributed by atoms with Gasteiger partial charge < -0.3 is 15.2 Å². The van der Waals surface area contributed by atoms with Crippen molar-refractivity contribution < 1.29 is 19.4 Å². The van der Waals surface area contributed by atoms with Gasteiger partial charge >= 0.3 is 5.97 Å². The van der Waals surface area contributed by atoms with Crippen LogP contribution in [0.15, 0.2) is 29.6 Å². The summed E-state index contributed by atoms with van der Waals surface area (Å²) in [6.45, 7) is 1.42. The Bertz CT molecular complexity index is 684. The van der Waals surface area contributed by atoms with Crippen molar-refractivity contribution in [1.82, 2.24) is 10.3 Å². The minimum atomic E-state index is -1.07. The Morgan fingerprint density at radius 3 is 2.91 bits per heavy atom. The molecule has 0 fully saturated rings. The zero-order valence-electron chi connectivity index (χ0n) is 12.2. The van der Waals surface area contributed by atoms with Crippen molar-refractivity contribution in [3.8, 4) is 16.3 Å². The van der Waals surface area contributed by atoms with Crippen molar-refractivity contribution in [2.24, 2.45) is 0 Å². The van der Waals surface area contributed by atoms with Gasteiger partial charge in [-0.05, 0) is 19.1 Å². The van der Waals surface area contributed by atoms with E-state index in [-0.39, 0.29) is 12.3 Å². The van der Waals surface area contributed by atoms with Gasteiger partial charge in [0.25, 0.3) is 0 Å². The predicted octanol–water partition coefficient (Wildman–Crippen LogP) is 1.95. The lowest BCUT2D eigenvalue weighted by Gasteiger charge is -2.07. The molecule has 1 amide bonds. The maximum atomic E-state index is 11.7. The summed E-state index contributed by atoms with van der Waals surface area (Å²) >= 11 is 1.43. The molecule has 1 unspecified atom stereocenters. The van der Waals surface area contributed by atoms with E-state index in [0.29, 0.717) is 5.69 Å². The minimum absolute atomic E-state index is 0.0537. The van der Waals surface area contributed by atoms with E-state index < -0.39 is 12.0 Å². The minimum Gasteiger partial charge on any atom is -0.497 e. The van der Waals surface area contributed by atoms with Crippen molar-refractivity contribution in [2.45, 2.75) is 19.4 Å². The number of benzene rings is 1. The van der Waals surface area contributed by atoms with Crippen LogP contribution in [-0.2, 0) is 16.0 Å². The number of carboxylic acids is 1. The zero-order valence-corrected chi connectivity index (χ0v) is 13.0. The van der Waals surface area contributed by atoms with E-state index in [1.807, 2.05) is 24.3 Å². The quantitative estimate of drug-likeness (QED) is 0.849. The molecule has 116 valence electrons. The highest BCUT2D eigenvalue weighted by molar-refractivity contribution is 7.13. The Labute approximate surface area is 131 Å². The molecule has 1 atom stereocenters. The van der Waals surface area contributed by atoms with Gasteiger partial charge in [-0.3, -0.25) is 9.59 Å². The van der Waals surface area contributed by atoms with Gasteiger partial charge in [0.1, 0.15) is 16.8 Å². The monoisotopic (exact) mass is 320 g/mol. The summed E-state index contributed by atoms with van der Waals surface area (Å²) in [6, 6.07) is 6.59. The Morgan fingerprint density at radius 2 is 2.23 bits per heavy atom. The molecule has 2 aromatic rings. The Morgan fingerprint density at radius 1 is 1.45 bits per heavy atom. The molecule has 0 aliphatic heterocycles. The number of ether oxygens (including phenoxy) is 1. The lowest BCUT2D eigenvalue weighted by molar-refractivity contribution is -0.141. The maximum absolute atomic E-state index is 11.7. The van der Waals surface area contributed by atoms with Crippen molar-refractivity contribution >= 4 is 23.2 Å². The lowest BCUT2D eigenvalue weighted by atomic mass is 10.2. The molecule has 1 aromatic carbocycles. The Kier molecular flexibility index (Phi) is 5.11. The van der Waals surface area contributed by atoms with Crippen LogP contribution in [-0.4, -0.2) is 35.1 Å². The van der Waals surface area contributed by atoms with Gasteiger partial charge in [-0.2, -0.15) is 0 Å². The molecule has 2 N–H and O–H groups in total. The molecule has 0 aliphatic rings. The van der Waals surface area contributed by atoms with Crippen LogP contribution in [0, 0.1) is 0 Å². The van der Waals surface area contributed by atoms with E-state index in [1.165, 1.54) is 18.3 Å². The van der Waals surface area contributed by atoms with Crippen LogP contribution in [0.1, 0.15) is 12.6 Å². The van der Waals surface area contributed by atoms with Crippen molar-refractivity contribution in [3.63, 3.8) is 0 Å². The fourth-order valence-electron chi connectivity index (χ4n) is 1.80. The highest BCUT2D eigenvalue weighted by Gasteiger charge is 2.15. The Hall–Kier alpha value is -2.41. The maximum Gasteiger partial charge on any atom is 0.325 e. The summed E-state index contributed by atoms with van der Waals surface area (Å²) in [6.07, 6.45) is 0.0537. The van der Waals surface area contributed by atoms with Gasteiger partial charge in [-0.1, -0.05) is 12.1 Å². The molecule has 1 heterocycles. The van der Waals surface area contributed by atoms with Gasteiger partial charge in [-0.15, -0.1) is 11.3 Å². The van der Waals surface area contributed by atoms with Crippen LogP contribution in [0.2, 0.25) is 0 Å². The van der Waals surface area contributed by atoms with Gasteiger partial charge in [0.2, 0.25) is 5.91 Å². The van der Waals surface area contributed by atoms with Crippen LogP contribution in [0.3, 0.4) is 0 Å². The van der Waals surface area contributed by atoms with Crippen LogP contribution in [0.25, 0.3) is 10.6 Å². The van der Waals surface area contributed by atoms with E-state index in [9.17, 15) is 9.59 Å². The van der Waals surface area contributed by atoms with E-state index in [4.69, 9.17) is 9.84 Å². The SMILES string of the molecule is COc1cccc(-c2nc(CC(=O)NC(C)C(=O)O)cs2)c1. The molecule has 0 aliphatic carbocycles. The number of methoxy groups -OCH3 is 1. The third-order valence-electron chi connectivity index (χ3n) is 2.96. The normalized spacial score (nSPS) is 11.7. The van der Waals surface area contributed by atoms with Crippen molar-refractivity contribution in [2.75, 3.05) is 7.11 Å². The second kappa shape index (κ2) is 7.04. The number of thiazole rings is 1. The molecule has 22 heavy (non-hydrogen) atoms. The van der Waals surface area contributed by atoms with E-state index >= 15 is 0 Å². The van der Waals surface area contributed by atoms with Crippen molar-refractivity contribution in [3.05, 3.63) is 35.3 Å². The summed E-state index contributed by atoms with van der Waals surface area (Å²) in [4.78, 5) is 26.8. The number of carbonyl (C=O) groups is 2. The summed E-state index contributed by atoms with van der Waals surface area (Å²) in [5.41, 5.74) is 1.52. The van der Waals surface area contributed by atoms with Crippen molar-refractivity contribution in [1.29, 1.82) is 0 Å². The summed E-state index contributed by atoms with van der Waals surface area (Å²) < 4.78 is 5.17. The standard InChI is InChI=1S/C15H16N2O4S/c1-9(15(19)20)16-13(18)7-11-8-22-14(17-11)10-4-3-5-12(6-10)21-2/h3-6,8-9H,7H2,1-2H3,(H,16,18)(H,19,20). The molecule has 0 radical (unpaired) electrons. The number of hydrogen-bond donors (Lipinski definition) is 2. The molecule has 1 aromatic heterocycles. The molecule has 0 saturated heterocycles.